The number of thioether (sulfide) groups is 1. The molecule has 0 heterocycles. The van der Waals surface area contributed by atoms with Crippen molar-refractivity contribution in [1.29, 1.82) is 0 Å². The molecule has 0 atom stereocenters. The van der Waals surface area contributed by atoms with E-state index in [1.807, 2.05) is 25.1 Å². The van der Waals surface area contributed by atoms with Gasteiger partial charge in [0.05, 0.1) is 5.69 Å². The molecule has 2 rings (SSSR count). The Kier molecular flexibility index (Phi) is 5.38. The second-order valence-electron chi connectivity index (χ2n) is 4.77. The van der Waals surface area contributed by atoms with Crippen LogP contribution in [0.4, 0.5) is 20.2 Å². The molecule has 0 aliphatic rings. The Morgan fingerprint density at radius 1 is 1.14 bits per heavy atom. The second-order valence-corrected chi connectivity index (χ2v) is 5.81. The number of nitrogens with one attached hydrogen (secondary N) is 1. The van der Waals surface area contributed by atoms with E-state index in [1.54, 1.807) is 42.5 Å². The van der Waals surface area contributed by atoms with E-state index < -0.39 is 5.76 Å². The number of nitrogens with zero attached hydrogens (tertiary/aromatic N) is 1. The van der Waals surface area contributed by atoms with E-state index in [9.17, 15) is 13.6 Å². The number of para-hydroxylation sites is 1. The van der Waals surface area contributed by atoms with Crippen LogP contribution < -0.4 is 10.2 Å². The largest absolute Gasteiger partial charge is 0.378 e. The van der Waals surface area contributed by atoms with Crippen molar-refractivity contribution >= 4 is 29.0 Å². The highest BCUT2D eigenvalue weighted by Gasteiger charge is 2.13. The predicted octanol–water partition coefficient (Wildman–Crippen LogP) is 4.32. The summed E-state index contributed by atoms with van der Waals surface area (Å²) in [5, 5.41) is 2.69. The van der Waals surface area contributed by atoms with Gasteiger partial charge in [-0.15, -0.1) is 0 Å². The first-order chi connectivity index (χ1) is 10.5. The molecule has 1 amide bonds. The molecule has 0 fully saturated rings. The molecule has 22 heavy (non-hydrogen) atoms. The van der Waals surface area contributed by atoms with E-state index >= 15 is 0 Å². The molecule has 0 spiro atoms. The van der Waals surface area contributed by atoms with Gasteiger partial charge in [-0.3, -0.25) is 4.79 Å². The van der Waals surface area contributed by atoms with Gasteiger partial charge in [0, 0.05) is 30.2 Å². The van der Waals surface area contributed by atoms with Crippen LogP contribution in [0.3, 0.4) is 0 Å². The molecule has 3 nitrogen and oxygen atoms in total. The van der Waals surface area contributed by atoms with Crippen LogP contribution in [-0.4, -0.2) is 25.8 Å². The van der Waals surface area contributed by atoms with Crippen LogP contribution in [0.25, 0.3) is 0 Å². The molecule has 0 aliphatic carbocycles. The first-order valence-corrected chi connectivity index (χ1v) is 7.48. The normalized spacial score (nSPS) is 10.6. The predicted molar refractivity (Wildman–Crippen MR) is 87.0 cm³/mol. The van der Waals surface area contributed by atoms with E-state index in [4.69, 9.17) is 0 Å². The molecule has 0 unspecified atom stereocenters. The van der Waals surface area contributed by atoms with Gasteiger partial charge in [-0.25, -0.2) is 0 Å². The Hall–Kier alpha value is -2.08. The second kappa shape index (κ2) is 7.26. The minimum absolute atomic E-state index is 0.328. The zero-order chi connectivity index (χ0) is 16.1. The highest BCUT2D eigenvalue weighted by molar-refractivity contribution is 7.99. The molecule has 2 aromatic carbocycles. The Labute approximate surface area is 132 Å². The number of halogens is 2. The quantitative estimate of drug-likeness (QED) is 0.832. The Bertz CT molecular complexity index is 662. The maximum Gasteiger partial charge on any atom is 0.288 e. The Balaban J connectivity index is 2.20. The number of amides is 1. The van der Waals surface area contributed by atoms with Crippen LogP contribution in [-0.2, 0) is 0 Å². The van der Waals surface area contributed by atoms with Gasteiger partial charge in [0.1, 0.15) is 0 Å². The summed E-state index contributed by atoms with van der Waals surface area (Å²) in [4.78, 5) is 14.5. The van der Waals surface area contributed by atoms with Crippen molar-refractivity contribution in [3.63, 3.8) is 0 Å². The van der Waals surface area contributed by atoms with E-state index in [2.05, 4.69) is 5.32 Å². The Morgan fingerprint density at radius 3 is 2.55 bits per heavy atom. The summed E-state index contributed by atoms with van der Waals surface area (Å²) in [5.41, 5.74) is 1.75. The number of rotatable bonds is 5. The van der Waals surface area contributed by atoms with Crippen LogP contribution in [0.5, 0.6) is 0 Å². The molecule has 6 heteroatoms. The highest BCUT2D eigenvalue weighted by atomic mass is 32.2. The molecule has 0 saturated carbocycles. The van der Waals surface area contributed by atoms with E-state index in [-0.39, 0.29) is 5.91 Å². The maximum absolute atomic E-state index is 12.5. The smallest absolute Gasteiger partial charge is 0.288 e. The fourth-order valence-corrected chi connectivity index (χ4v) is 2.48. The number of hydrogen-bond acceptors (Lipinski definition) is 3. The lowest BCUT2D eigenvalue weighted by Gasteiger charge is -2.14. The van der Waals surface area contributed by atoms with Crippen LogP contribution in [0.2, 0.25) is 0 Å². The number of carbonyl (C=O) groups is 1. The molecule has 0 aliphatic heterocycles. The standard InChI is InChI=1S/C16H16F2N2OS/c1-20(2)12-7-5-6-11(10-12)15(21)19-13-8-3-4-9-14(13)22-16(17)18/h3-10,16H,1-2H3,(H,19,21). The van der Waals surface area contributed by atoms with Gasteiger partial charge < -0.3 is 10.2 Å². The van der Waals surface area contributed by atoms with Crippen molar-refractivity contribution in [1.82, 2.24) is 0 Å². The van der Waals surface area contributed by atoms with Crippen LogP contribution >= 0.6 is 11.8 Å². The fraction of sp³-hybridized carbons (Fsp3) is 0.188. The van der Waals surface area contributed by atoms with Crippen LogP contribution in [0, 0.1) is 0 Å². The number of alkyl halides is 2. The fourth-order valence-electron chi connectivity index (χ4n) is 1.89. The summed E-state index contributed by atoms with van der Waals surface area (Å²) in [7, 11) is 3.76. The lowest BCUT2D eigenvalue weighted by atomic mass is 10.1. The SMILES string of the molecule is CN(C)c1cccc(C(=O)Nc2ccccc2SC(F)F)c1. The minimum atomic E-state index is -2.53. The first kappa shape index (κ1) is 16.3. The summed E-state index contributed by atoms with van der Waals surface area (Å²) in [6.07, 6.45) is 0. The van der Waals surface area contributed by atoms with Gasteiger partial charge in [0.15, 0.2) is 0 Å². The number of benzene rings is 2. The zero-order valence-corrected chi connectivity index (χ0v) is 13.0. The molecule has 116 valence electrons. The summed E-state index contributed by atoms with van der Waals surface area (Å²) in [6, 6.07) is 13.6. The van der Waals surface area contributed by atoms with Gasteiger partial charge in [-0.1, -0.05) is 30.0 Å². The lowest BCUT2D eigenvalue weighted by Crippen LogP contribution is -2.14. The van der Waals surface area contributed by atoms with E-state index in [0.717, 1.165) is 5.69 Å². The third-order valence-corrected chi connectivity index (χ3v) is 3.76. The number of anilines is 2. The van der Waals surface area contributed by atoms with Crippen molar-refractivity contribution in [3.8, 4) is 0 Å². The molecule has 0 radical (unpaired) electrons. The zero-order valence-electron chi connectivity index (χ0n) is 12.2. The highest BCUT2D eigenvalue weighted by Crippen LogP contribution is 2.31. The average molecular weight is 322 g/mol. The van der Waals surface area contributed by atoms with Crippen molar-refractivity contribution in [2.24, 2.45) is 0 Å². The van der Waals surface area contributed by atoms with Crippen LogP contribution in [0.1, 0.15) is 10.4 Å². The van der Waals surface area contributed by atoms with Gasteiger partial charge in [-0.05, 0) is 30.3 Å². The molecule has 2 aromatic rings. The summed E-state index contributed by atoms with van der Waals surface area (Å²) < 4.78 is 25.1. The topological polar surface area (TPSA) is 32.3 Å². The van der Waals surface area contributed by atoms with Gasteiger partial charge >= 0.3 is 0 Å². The third-order valence-electron chi connectivity index (χ3n) is 2.98. The molecular weight excluding hydrogens is 306 g/mol. The van der Waals surface area contributed by atoms with Gasteiger partial charge in [0.25, 0.3) is 11.7 Å². The number of carbonyl (C=O) groups excluding carboxylic acids is 1. The maximum atomic E-state index is 12.5. The molecule has 1 N–H and O–H groups in total. The average Bonchev–Trinajstić information content (AvgIpc) is 2.49. The van der Waals surface area contributed by atoms with Crippen LogP contribution in [0.15, 0.2) is 53.4 Å². The molecule has 0 saturated heterocycles. The summed E-state index contributed by atoms with van der Waals surface area (Å²) in [5.74, 6) is -2.86. The minimum Gasteiger partial charge on any atom is -0.378 e. The molecular formula is C16H16F2N2OS. The number of hydrogen-bond donors (Lipinski definition) is 1. The lowest BCUT2D eigenvalue weighted by molar-refractivity contribution is 0.102. The molecule has 0 bridgehead atoms. The third kappa shape index (κ3) is 4.21. The van der Waals surface area contributed by atoms with Crippen molar-refractivity contribution in [2.75, 3.05) is 24.3 Å². The van der Waals surface area contributed by atoms with Crippen molar-refractivity contribution in [3.05, 3.63) is 54.1 Å². The van der Waals surface area contributed by atoms with E-state index in [1.165, 1.54) is 0 Å². The van der Waals surface area contributed by atoms with Crippen molar-refractivity contribution < 1.29 is 13.6 Å². The monoisotopic (exact) mass is 322 g/mol. The van der Waals surface area contributed by atoms with Gasteiger partial charge in [-0.2, -0.15) is 8.78 Å². The molecule has 0 aromatic heterocycles. The first-order valence-electron chi connectivity index (χ1n) is 6.60. The summed E-state index contributed by atoms with van der Waals surface area (Å²) >= 11 is 0.414. The summed E-state index contributed by atoms with van der Waals surface area (Å²) in [6.45, 7) is 0. The van der Waals surface area contributed by atoms with E-state index in [0.29, 0.717) is 27.9 Å². The Morgan fingerprint density at radius 2 is 1.86 bits per heavy atom. The van der Waals surface area contributed by atoms with Crippen molar-refractivity contribution in [2.45, 2.75) is 10.7 Å². The van der Waals surface area contributed by atoms with Gasteiger partial charge in [0.2, 0.25) is 0 Å².